The van der Waals surface area contributed by atoms with Crippen LogP contribution in [0, 0.1) is 0 Å². The lowest BCUT2D eigenvalue weighted by molar-refractivity contribution is -0.417. The van der Waals surface area contributed by atoms with E-state index in [9.17, 15) is 44.7 Å². The van der Waals surface area contributed by atoms with Gasteiger partial charge < -0.3 is 9.47 Å². The lowest BCUT2D eigenvalue weighted by Gasteiger charge is -2.35. The van der Waals surface area contributed by atoms with Crippen molar-refractivity contribution >= 4 is 11.9 Å². The normalized spacial score (nSPS) is 13.2. The SMILES string of the molecule is C=C(C)C(=O)OCCC(F)(F)C(F)(F)C(F)(F)C(F)(F)OC(=O)C(=C)C. The highest BCUT2D eigenvalue weighted by atomic mass is 19.4. The number of alkyl halides is 8. The van der Waals surface area contributed by atoms with Gasteiger partial charge in [-0.15, -0.1) is 0 Å². The minimum atomic E-state index is -6.78. The van der Waals surface area contributed by atoms with Crippen molar-refractivity contribution in [3.8, 4) is 0 Å². The van der Waals surface area contributed by atoms with Gasteiger partial charge in [-0.3, -0.25) is 0 Å². The van der Waals surface area contributed by atoms with E-state index in [-0.39, 0.29) is 5.57 Å². The third kappa shape index (κ3) is 4.73. The number of rotatable bonds is 9. The molecule has 150 valence electrons. The standard InChI is InChI=1S/C14H14F8O4/c1-7(2)9(23)25-6-5-11(15,16)12(17,18)13(19,20)14(21,22)26-10(24)8(3)4/h1,3,5-6H2,2,4H3. The summed E-state index contributed by atoms with van der Waals surface area (Å²) in [7, 11) is 0. The van der Waals surface area contributed by atoms with E-state index in [0.717, 1.165) is 13.8 Å². The first-order valence-corrected chi connectivity index (χ1v) is 6.63. The van der Waals surface area contributed by atoms with Crippen molar-refractivity contribution in [2.45, 2.75) is 44.1 Å². The highest BCUT2D eigenvalue weighted by Gasteiger charge is 2.82. The maximum atomic E-state index is 13.5. The topological polar surface area (TPSA) is 52.6 Å². The summed E-state index contributed by atoms with van der Waals surface area (Å²) in [5, 5.41) is 0. The van der Waals surface area contributed by atoms with E-state index in [0.29, 0.717) is 0 Å². The molecular weight excluding hydrogens is 384 g/mol. The molecule has 0 bridgehead atoms. The fourth-order valence-electron chi connectivity index (χ4n) is 1.23. The molecule has 0 heterocycles. The van der Waals surface area contributed by atoms with Crippen LogP contribution in [0.15, 0.2) is 24.3 Å². The van der Waals surface area contributed by atoms with Crippen molar-refractivity contribution in [1.29, 1.82) is 0 Å². The molecule has 0 atom stereocenters. The van der Waals surface area contributed by atoms with Gasteiger partial charge in [0.15, 0.2) is 0 Å². The third-order valence-electron chi connectivity index (χ3n) is 2.79. The number of hydrogen-bond acceptors (Lipinski definition) is 4. The summed E-state index contributed by atoms with van der Waals surface area (Å²) in [6, 6.07) is 0. The number of esters is 2. The van der Waals surface area contributed by atoms with Crippen LogP contribution in [0.5, 0.6) is 0 Å². The van der Waals surface area contributed by atoms with Crippen molar-refractivity contribution < 1.29 is 54.2 Å². The fourth-order valence-corrected chi connectivity index (χ4v) is 1.23. The van der Waals surface area contributed by atoms with Crippen LogP contribution in [-0.4, -0.2) is 42.4 Å². The molecule has 0 aromatic carbocycles. The Labute approximate surface area is 142 Å². The molecule has 0 aliphatic heterocycles. The Balaban J connectivity index is 5.45. The van der Waals surface area contributed by atoms with E-state index in [1.807, 2.05) is 0 Å². The molecule has 0 fully saturated rings. The zero-order valence-corrected chi connectivity index (χ0v) is 13.5. The van der Waals surface area contributed by atoms with Gasteiger partial charge in [-0.2, -0.15) is 35.1 Å². The van der Waals surface area contributed by atoms with Crippen LogP contribution in [0.2, 0.25) is 0 Å². The first-order chi connectivity index (χ1) is 11.4. The van der Waals surface area contributed by atoms with Gasteiger partial charge in [0.1, 0.15) is 0 Å². The van der Waals surface area contributed by atoms with Crippen LogP contribution in [0.1, 0.15) is 20.3 Å². The average Bonchev–Trinajstić information content (AvgIpc) is 2.45. The number of carbonyl (C=O) groups is 2. The second-order valence-electron chi connectivity index (χ2n) is 5.21. The second kappa shape index (κ2) is 7.62. The summed E-state index contributed by atoms with van der Waals surface area (Å²) >= 11 is 0. The monoisotopic (exact) mass is 398 g/mol. The van der Waals surface area contributed by atoms with Crippen LogP contribution in [-0.2, 0) is 19.1 Å². The van der Waals surface area contributed by atoms with Crippen molar-refractivity contribution in [3.05, 3.63) is 24.3 Å². The molecule has 0 unspecified atom stereocenters. The lowest BCUT2D eigenvalue weighted by Crippen LogP contribution is -2.63. The van der Waals surface area contributed by atoms with Crippen molar-refractivity contribution in [2.75, 3.05) is 6.61 Å². The van der Waals surface area contributed by atoms with Gasteiger partial charge in [0.25, 0.3) is 0 Å². The largest absolute Gasteiger partial charge is 0.473 e. The molecule has 0 saturated carbocycles. The Bertz CT molecular complexity index is 598. The van der Waals surface area contributed by atoms with Gasteiger partial charge >= 0.3 is 35.8 Å². The van der Waals surface area contributed by atoms with Crippen LogP contribution in [0.4, 0.5) is 35.1 Å². The number of carbonyl (C=O) groups excluding carboxylic acids is 2. The third-order valence-corrected chi connectivity index (χ3v) is 2.79. The van der Waals surface area contributed by atoms with Gasteiger partial charge in [-0.25, -0.2) is 9.59 Å². The van der Waals surface area contributed by atoms with Crippen LogP contribution < -0.4 is 0 Å². The molecule has 0 aliphatic rings. The van der Waals surface area contributed by atoms with Gasteiger partial charge in [0, 0.05) is 11.1 Å². The first kappa shape index (κ1) is 23.9. The van der Waals surface area contributed by atoms with Gasteiger partial charge in [0.05, 0.1) is 13.0 Å². The van der Waals surface area contributed by atoms with E-state index in [2.05, 4.69) is 22.6 Å². The van der Waals surface area contributed by atoms with Crippen LogP contribution in [0.3, 0.4) is 0 Å². The van der Waals surface area contributed by atoms with Crippen LogP contribution >= 0.6 is 0 Å². The molecule has 0 rings (SSSR count). The molecule has 4 nitrogen and oxygen atoms in total. The zero-order chi connectivity index (χ0) is 21.1. The van der Waals surface area contributed by atoms with Gasteiger partial charge in [0.2, 0.25) is 0 Å². The Morgan fingerprint density at radius 2 is 1.23 bits per heavy atom. The predicted octanol–water partition coefficient (Wildman–Crippen LogP) is 4.11. The number of hydrogen-bond donors (Lipinski definition) is 0. The summed E-state index contributed by atoms with van der Waals surface area (Å²) in [5.41, 5.74) is -1.16. The maximum absolute atomic E-state index is 13.5. The van der Waals surface area contributed by atoms with Crippen molar-refractivity contribution in [3.63, 3.8) is 0 Å². The minimum absolute atomic E-state index is 0.302. The Morgan fingerprint density at radius 3 is 1.62 bits per heavy atom. The maximum Gasteiger partial charge on any atom is 0.473 e. The van der Waals surface area contributed by atoms with E-state index < -0.39 is 54.4 Å². The van der Waals surface area contributed by atoms with E-state index in [1.54, 1.807) is 0 Å². The summed E-state index contributed by atoms with van der Waals surface area (Å²) < 4.78 is 114. The molecule has 0 aromatic rings. The molecule has 12 heteroatoms. The van der Waals surface area contributed by atoms with Crippen LogP contribution in [0.25, 0.3) is 0 Å². The van der Waals surface area contributed by atoms with E-state index in [4.69, 9.17) is 0 Å². The molecule has 0 amide bonds. The quantitative estimate of drug-likeness (QED) is 0.333. The average molecular weight is 398 g/mol. The lowest BCUT2D eigenvalue weighted by atomic mass is 10.0. The number of ether oxygens (including phenoxy) is 2. The summed E-state index contributed by atoms with van der Waals surface area (Å²) in [4.78, 5) is 21.8. The second-order valence-corrected chi connectivity index (χ2v) is 5.21. The Kier molecular flexibility index (Phi) is 6.99. The molecule has 0 spiro atoms. The van der Waals surface area contributed by atoms with Gasteiger partial charge in [-0.05, 0) is 13.8 Å². The Hall–Kier alpha value is -2.14. The summed E-state index contributed by atoms with van der Waals surface area (Å²) in [6.45, 7) is 6.14. The number of halogens is 8. The highest BCUT2D eigenvalue weighted by molar-refractivity contribution is 5.87. The zero-order valence-electron chi connectivity index (χ0n) is 13.5. The smallest absolute Gasteiger partial charge is 0.462 e. The van der Waals surface area contributed by atoms with Crippen molar-refractivity contribution in [2.24, 2.45) is 0 Å². The first-order valence-electron chi connectivity index (χ1n) is 6.63. The fraction of sp³-hybridized carbons (Fsp3) is 0.571. The minimum Gasteiger partial charge on any atom is -0.462 e. The summed E-state index contributed by atoms with van der Waals surface area (Å²) in [5.74, 6) is -22.7. The molecule has 0 saturated heterocycles. The van der Waals surface area contributed by atoms with Gasteiger partial charge in [-0.1, -0.05) is 13.2 Å². The predicted molar refractivity (Wildman–Crippen MR) is 71.1 cm³/mol. The van der Waals surface area contributed by atoms with E-state index in [1.165, 1.54) is 0 Å². The Morgan fingerprint density at radius 1 is 0.808 bits per heavy atom. The summed E-state index contributed by atoms with van der Waals surface area (Å²) in [6.07, 6.45) is -8.48. The molecule has 0 aliphatic carbocycles. The van der Waals surface area contributed by atoms with E-state index >= 15 is 0 Å². The van der Waals surface area contributed by atoms with Crippen molar-refractivity contribution in [1.82, 2.24) is 0 Å². The molecule has 0 aromatic heterocycles. The molecule has 26 heavy (non-hydrogen) atoms. The highest BCUT2D eigenvalue weighted by Crippen LogP contribution is 2.54. The molecule has 0 radical (unpaired) electrons. The molecule has 0 N–H and O–H groups in total. The molecular formula is C14H14F8O4.